The van der Waals surface area contributed by atoms with E-state index >= 15 is 0 Å². The normalized spacial score (nSPS) is 18.1. The maximum Gasteiger partial charge on any atom is 0.242 e. The van der Waals surface area contributed by atoms with E-state index in [1.54, 1.807) is 24.2 Å². The van der Waals surface area contributed by atoms with Crippen LogP contribution in [0, 0.1) is 6.92 Å². The van der Waals surface area contributed by atoms with Crippen LogP contribution in [0.4, 0.5) is 5.69 Å². The largest absolute Gasteiger partial charge is 0.445 e. The lowest BCUT2D eigenvalue weighted by Crippen LogP contribution is -2.37. The van der Waals surface area contributed by atoms with Crippen molar-refractivity contribution < 1.29 is 9.21 Å². The summed E-state index contributed by atoms with van der Waals surface area (Å²) in [6.45, 7) is 1.99. The molecule has 1 aliphatic rings. The number of thioether (sulfide) groups is 1. The van der Waals surface area contributed by atoms with Gasteiger partial charge in [0.15, 0.2) is 0 Å². The molecule has 0 bridgehead atoms. The van der Waals surface area contributed by atoms with Crippen LogP contribution in [0.3, 0.4) is 0 Å². The second kappa shape index (κ2) is 5.68. The first kappa shape index (κ1) is 13.2. The Balaban J connectivity index is 1.80. The second-order valence-corrected chi connectivity index (χ2v) is 5.66. The number of rotatable bonds is 3. The fraction of sp³-hybridized carbons (Fsp3) is 0.286. The van der Waals surface area contributed by atoms with Gasteiger partial charge in [-0.05, 0) is 24.6 Å². The molecule has 2 heterocycles. The van der Waals surface area contributed by atoms with Crippen molar-refractivity contribution in [1.82, 2.24) is 10.3 Å². The molecule has 1 amide bonds. The van der Waals surface area contributed by atoms with Crippen LogP contribution in [0.2, 0.25) is 0 Å². The van der Waals surface area contributed by atoms with E-state index in [4.69, 9.17) is 4.42 Å². The van der Waals surface area contributed by atoms with Gasteiger partial charge in [0.25, 0.3) is 0 Å². The number of nitrogens with one attached hydrogen (secondary N) is 2. The maximum atomic E-state index is 12.1. The van der Waals surface area contributed by atoms with Crippen LogP contribution in [0.1, 0.15) is 5.56 Å². The zero-order valence-corrected chi connectivity index (χ0v) is 11.9. The van der Waals surface area contributed by atoms with Gasteiger partial charge >= 0.3 is 0 Å². The molecule has 0 spiro atoms. The Kier molecular flexibility index (Phi) is 3.75. The minimum absolute atomic E-state index is 0.00259. The molecular weight excluding hydrogens is 274 g/mol. The predicted molar refractivity (Wildman–Crippen MR) is 79.6 cm³/mol. The van der Waals surface area contributed by atoms with E-state index in [9.17, 15) is 4.79 Å². The smallest absolute Gasteiger partial charge is 0.242 e. The summed E-state index contributed by atoms with van der Waals surface area (Å²) >= 11 is 1.73. The molecule has 1 atom stereocenters. The minimum Gasteiger partial charge on any atom is -0.445 e. The molecule has 104 valence electrons. The Morgan fingerprint density at radius 2 is 2.45 bits per heavy atom. The fourth-order valence-electron chi connectivity index (χ4n) is 2.08. The van der Waals surface area contributed by atoms with Gasteiger partial charge in [0.1, 0.15) is 6.26 Å². The van der Waals surface area contributed by atoms with Gasteiger partial charge in [-0.25, -0.2) is 4.98 Å². The molecule has 1 aromatic heterocycles. The Morgan fingerprint density at radius 1 is 1.55 bits per heavy atom. The number of aryl methyl sites for hydroxylation is 1. The highest BCUT2D eigenvalue weighted by Gasteiger charge is 2.22. The lowest BCUT2D eigenvalue weighted by molar-refractivity contribution is -0.117. The van der Waals surface area contributed by atoms with Crippen molar-refractivity contribution in [2.45, 2.75) is 13.0 Å². The van der Waals surface area contributed by atoms with Crippen molar-refractivity contribution in [3.05, 3.63) is 36.2 Å². The first-order chi connectivity index (χ1) is 9.74. The topological polar surface area (TPSA) is 67.2 Å². The van der Waals surface area contributed by atoms with Gasteiger partial charge in [0, 0.05) is 22.9 Å². The number of carbonyl (C=O) groups excluding carboxylic acids is 1. The summed E-state index contributed by atoms with van der Waals surface area (Å²) in [6, 6.07) is 5.61. The van der Waals surface area contributed by atoms with E-state index < -0.39 is 0 Å². The number of carbonyl (C=O) groups is 1. The summed E-state index contributed by atoms with van der Waals surface area (Å²) in [5.74, 6) is 2.20. The number of aromatic nitrogens is 1. The first-order valence-electron chi connectivity index (χ1n) is 6.36. The molecular formula is C14H15N3O2S. The molecule has 2 aromatic rings. The van der Waals surface area contributed by atoms with Gasteiger partial charge in [-0.15, -0.1) is 11.8 Å². The minimum atomic E-state index is -0.119. The molecule has 1 fully saturated rings. The van der Waals surface area contributed by atoms with Gasteiger partial charge in [-0.2, -0.15) is 0 Å². The van der Waals surface area contributed by atoms with E-state index in [0.717, 1.165) is 28.4 Å². The summed E-state index contributed by atoms with van der Waals surface area (Å²) in [6.07, 6.45) is 3.15. The highest BCUT2D eigenvalue weighted by molar-refractivity contribution is 7.99. The van der Waals surface area contributed by atoms with Gasteiger partial charge in [-0.3, -0.25) is 10.1 Å². The van der Waals surface area contributed by atoms with Crippen LogP contribution >= 0.6 is 11.8 Å². The molecule has 1 saturated heterocycles. The van der Waals surface area contributed by atoms with Gasteiger partial charge in [-0.1, -0.05) is 6.07 Å². The average molecular weight is 289 g/mol. The first-order valence-corrected chi connectivity index (χ1v) is 7.52. The van der Waals surface area contributed by atoms with E-state index in [1.807, 2.05) is 25.1 Å². The van der Waals surface area contributed by atoms with Crippen molar-refractivity contribution in [3.63, 3.8) is 0 Å². The van der Waals surface area contributed by atoms with Crippen LogP contribution in [0.25, 0.3) is 11.5 Å². The van der Waals surface area contributed by atoms with Crippen LogP contribution in [0.5, 0.6) is 0 Å². The zero-order valence-electron chi connectivity index (χ0n) is 11.1. The monoisotopic (exact) mass is 289 g/mol. The lowest BCUT2D eigenvalue weighted by Gasteiger charge is -2.12. The Morgan fingerprint density at radius 3 is 3.15 bits per heavy atom. The SMILES string of the molecule is Cc1ccc(NC(=O)C2CSCN2)cc1-c1ncco1. The van der Waals surface area contributed by atoms with Crippen LogP contribution in [0.15, 0.2) is 35.1 Å². The number of nitrogens with zero attached hydrogens (tertiary/aromatic N) is 1. The molecule has 1 aliphatic heterocycles. The number of anilines is 1. The van der Waals surface area contributed by atoms with Gasteiger partial charge < -0.3 is 9.73 Å². The second-order valence-electron chi connectivity index (χ2n) is 4.63. The molecule has 1 aromatic carbocycles. The van der Waals surface area contributed by atoms with E-state index in [0.29, 0.717) is 5.89 Å². The van der Waals surface area contributed by atoms with Crippen molar-refractivity contribution in [2.24, 2.45) is 0 Å². The highest BCUT2D eigenvalue weighted by atomic mass is 32.2. The van der Waals surface area contributed by atoms with Crippen molar-refractivity contribution in [3.8, 4) is 11.5 Å². The van der Waals surface area contributed by atoms with Gasteiger partial charge in [0.05, 0.1) is 12.2 Å². The molecule has 0 radical (unpaired) electrons. The predicted octanol–water partition coefficient (Wildman–Crippen LogP) is 2.25. The summed E-state index contributed by atoms with van der Waals surface area (Å²) in [5.41, 5.74) is 2.70. The summed E-state index contributed by atoms with van der Waals surface area (Å²) in [5, 5.41) is 6.08. The standard InChI is InChI=1S/C14H15N3O2S/c1-9-2-3-10(6-11(9)14-15-4-5-19-14)17-13(18)12-7-20-8-16-12/h2-6,12,16H,7-8H2,1H3,(H,17,18). The number of benzene rings is 1. The van der Waals surface area contributed by atoms with Crippen LogP contribution in [-0.2, 0) is 4.79 Å². The third-order valence-electron chi connectivity index (χ3n) is 3.20. The molecule has 20 heavy (non-hydrogen) atoms. The van der Waals surface area contributed by atoms with Gasteiger partial charge in [0.2, 0.25) is 11.8 Å². The number of oxazole rings is 1. The van der Waals surface area contributed by atoms with Crippen molar-refractivity contribution >= 4 is 23.4 Å². The molecule has 5 nitrogen and oxygen atoms in total. The van der Waals surface area contributed by atoms with Crippen LogP contribution in [-0.4, -0.2) is 28.6 Å². The highest BCUT2D eigenvalue weighted by Crippen LogP contribution is 2.25. The third kappa shape index (κ3) is 2.71. The number of hydrogen-bond acceptors (Lipinski definition) is 5. The van der Waals surface area contributed by atoms with E-state index in [1.165, 1.54) is 0 Å². The summed E-state index contributed by atoms with van der Waals surface area (Å²) < 4.78 is 5.32. The molecule has 2 N–H and O–H groups in total. The molecule has 0 saturated carbocycles. The summed E-state index contributed by atoms with van der Waals surface area (Å²) in [7, 11) is 0. The van der Waals surface area contributed by atoms with E-state index in [2.05, 4.69) is 15.6 Å². The number of hydrogen-bond donors (Lipinski definition) is 2. The Labute approximate surface area is 121 Å². The molecule has 1 unspecified atom stereocenters. The van der Waals surface area contributed by atoms with Crippen LogP contribution < -0.4 is 10.6 Å². The average Bonchev–Trinajstić information content (AvgIpc) is 3.14. The third-order valence-corrected chi connectivity index (χ3v) is 4.14. The number of amides is 1. The Hall–Kier alpha value is -1.79. The van der Waals surface area contributed by atoms with Crippen molar-refractivity contribution in [1.29, 1.82) is 0 Å². The maximum absolute atomic E-state index is 12.1. The quantitative estimate of drug-likeness (QED) is 0.907. The zero-order chi connectivity index (χ0) is 13.9. The summed E-state index contributed by atoms with van der Waals surface area (Å²) in [4.78, 5) is 16.2. The molecule has 6 heteroatoms. The van der Waals surface area contributed by atoms with Crippen molar-refractivity contribution in [2.75, 3.05) is 16.9 Å². The molecule has 3 rings (SSSR count). The fourth-order valence-corrected chi connectivity index (χ4v) is 3.02. The lowest BCUT2D eigenvalue weighted by atomic mass is 10.1. The Bertz CT molecular complexity index is 607. The molecule has 0 aliphatic carbocycles. The van der Waals surface area contributed by atoms with E-state index in [-0.39, 0.29) is 11.9 Å².